The Hall–Kier alpha value is -2.17. The second-order valence-corrected chi connectivity index (χ2v) is 5.27. The highest BCUT2D eigenvalue weighted by molar-refractivity contribution is 6.05. The summed E-state index contributed by atoms with van der Waals surface area (Å²) in [5.74, 6) is 0.920. The van der Waals surface area contributed by atoms with Crippen LogP contribution in [0, 0.1) is 0 Å². The minimum atomic E-state index is -0.658. The molecule has 4 rings (SSSR count). The van der Waals surface area contributed by atoms with Crippen molar-refractivity contribution in [3.05, 3.63) is 30.6 Å². The molecule has 1 fully saturated rings. The van der Waals surface area contributed by atoms with Crippen LogP contribution in [-0.4, -0.2) is 34.2 Å². The first-order chi connectivity index (χ1) is 9.81. The van der Waals surface area contributed by atoms with Crippen molar-refractivity contribution < 1.29 is 4.39 Å². The van der Waals surface area contributed by atoms with Crippen LogP contribution in [0.2, 0.25) is 0 Å². The summed E-state index contributed by atoms with van der Waals surface area (Å²) in [5.41, 5.74) is 1.91. The van der Waals surface area contributed by atoms with E-state index in [1.54, 1.807) is 6.20 Å². The summed E-state index contributed by atoms with van der Waals surface area (Å²) in [7, 11) is 0. The number of nitrogens with zero attached hydrogens (tertiary/aromatic N) is 3. The topological polar surface area (TPSA) is 44.8 Å². The second-order valence-electron chi connectivity index (χ2n) is 5.27. The van der Waals surface area contributed by atoms with E-state index in [9.17, 15) is 4.39 Å². The predicted molar refractivity (Wildman–Crippen MR) is 77.7 cm³/mol. The van der Waals surface area contributed by atoms with Gasteiger partial charge in [-0.3, -0.25) is 4.98 Å². The number of nitrogens with one attached hydrogen (secondary N) is 1. The SMILES string of the molecule is FC1CCN(c2ccc3c(n2)[nH]c2ccncc23)CC1. The molecule has 0 amide bonds. The van der Waals surface area contributed by atoms with E-state index < -0.39 is 6.17 Å². The molecule has 1 aliphatic rings. The Morgan fingerprint density at radius 2 is 2.00 bits per heavy atom. The molecule has 4 heterocycles. The monoisotopic (exact) mass is 270 g/mol. The maximum Gasteiger partial charge on any atom is 0.140 e. The van der Waals surface area contributed by atoms with Crippen molar-refractivity contribution in [1.29, 1.82) is 0 Å². The largest absolute Gasteiger partial charge is 0.356 e. The van der Waals surface area contributed by atoms with E-state index in [-0.39, 0.29) is 0 Å². The van der Waals surface area contributed by atoms with E-state index in [2.05, 4.69) is 25.9 Å². The number of piperidine rings is 1. The van der Waals surface area contributed by atoms with Crippen molar-refractivity contribution in [2.75, 3.05) is 18.0 Å². The summed E-state index contributed by atoms with van der Waals surface area (Å²) in [6.07, 6.45) is 4.15. The minimum absolute atomic E-state index is 0.594. The number of fused-ring (bicyclic) bond motifs is 3. The molecule has 20 heavy (non-hydrogen) atoms. The van der Waals surface area contributed by atoms with Gasteiger partial charge in [0, 0.05) is 36.3 Å². The van der Waals surface area contributed by atoms with Crippen LogP contribution >= 0.6 is 0 Å². The van der Waals surface area contributed by atoms with Gasteiger partial charge in [0.15, 0.2) is 0 Å². The number of rotatable bonds is 1. The van der Waals surface area contributed by atoms with Crippen LogP contribution in [0.5, 0.6) is 0 Å². The number of anilines is 1. The molecule has 0 bridgehead atoms. The molecule has 0 atom stereocenters. The van der Waals surface area contributed by atoms with Crippen molar-refractivity contribution in [3.63, 3.8) is 0 Å². The Balaban J connectivity index is 1.77. The second kappa shape index (κ2) is 4.44. The van der Waals surface area contributed by atoms with Crippen LogP contribution in [0.3, 0.4) is 0 Å². The van der Waals surface area contributed by atoms with Crippen molar-refractivity contribution in [1.82, 2.24) is 15.0 Å². The zero-order valence-corrected chi connectivity index (χ0v) is 11.0. The van der Waals surface area contributed by atoms with Crippen molar-refractivity contribution in [2.24, 2.45) is 0 Å². The quantitative estimate of drug-likeness (QED) is 0.739. The highest BCUT2D eigenvalue weighted by Crippen LogP contribution is 2.26. The van der Waals surface area contributed by atoms with Crippen LogP contribution in [-0.2, 0) is 0 Å². The molecule has 3 aromatic rings. The molecule has 0 saturated carbocycles. The fourth-order valence-electron chi connectivity index (χ4n) is 2.86. The molecule has 0 radical (unpaired) electrons. The Kier molecular flexibility index (Phi) is 2.58. The lowest BCUT2D eigenvalue weighted by Crippen LogP contribution is -2.34. The molecule has 1 saturated heterocycles. The zero-order chi connectivity index (χ0) is 13.5. The van der Waals surface area contributed by atoms with E-state index in [1.807, 2.05) is 18.3 Å². The lowest BCUT2D eigenvalue weighted by atomic mass is 10.1. The highest BCUT2D eigenvalue weighted by atomic mass is 19.1. The van der Waals surface area contributed by atoms with Gasteiger partial charge in [0.2, 0.25) is 0 Å². The van der Waals surface area contributed by atoms with E-state index in [1.165, 1.54) is 0 Å². The molecule has 102 valence electrons. The van der Waals surface area contributed by atoms with Gasteiger partial charge in [0.05, 0.1) is 5.52 Å². The summed E-state index contributed by atoms with van der Waals surface area (Å²) < 4.78 is 13.2. The fourth-order valence-corrected chi connectivity index (χ4v) is 2.86. The van der Waals surface area contributed by atoms with Crippen LogP contribution in [0.25, 0.3) is 21.9 Å². The standard InChI is InChI=1S/C15H15FN4/c16-10-4-7-20(8-5-10)14-2-1-11-12-9-17-6-3-13(12)18-15(11)19-14/h1-3,6,9-10H,4-5,7-8H2,(H,18,19). The maximum absolute atomic E-state index is 13.2. The Morgan fingerprint density at radius 1 is 1.15 bits per heavy atom. The third kappa shape index (κ3) is 1.81. The number of pyridine rings is 2. The number of halogens is 1. The first kappa shape index (κ1) is 11.6. The summed E-state index contributed by atoms with van der Waals surface area (Å²) >= 11 is 0. The Bertz CT molecular complexity index is 759. The normalized spacial score (nSPS) is 17.1. The van der Waals surface area contributed by atoms with Gasteiger partial charge in [0.25, 0.3) is 0 Å². The van der Waals surface area contributed by atoms with Crippen molar-refractivity contribution in [2.45, 2.75) is 19.0 Å². The molecule has 5 heteroatoms. The average Bonchev–Trinajstić information content (AvgIpc) is 2.85. The van der Waals surface area contributed by atoms with Crippen molar-refractivity contribution in [3.8, 4) is 0 Å². The van der Waals surface area contributed by atoms with E-state index >= 15 is 0 Å². The number of aromatic nitrogens is 3. The molecule has 0 aromatic carbocycles. The summed E-state index contributed by atoms with van der Waals surface area (Å²) in [5, 5.41) is 2.17. The van der Waals surface area contributed by atoms with Gasteiger partial charge in [-0.05, 0) is 31.0 Å². The van der Waals surface area contributed by atoms with Gasteiger partial charge in [0.1, 0.15) is 17.6 Å². The number of hydrogen-bond acceptors (Lipinski definition) is 3. The van der Waals surface area contributed by atoms with Gasteiger partial charge in [-0.15, -0.1) is 0 Å². The van der Waals surface area contributed by atoms with Crippen molar-refractivity contribution >= 4 is 27.8 Å². The smallest absolute Gasteiger partial charge is 0.140 e. The van der Waals surface area contributed by atoms with E-state index in [0.29, 0.717) is 12.8 Å². The molecule has 0 spiro atoms. The van der Waals surface area contributed by atoms with Gasteiger partial charge in [-0.1, -0.05) is 0 Å². The average molecular weight is 270 g/mol. The van der Waals surface area contributed by atoms with Crippen LogP contribution < -0.4 is 4.90 Å². The van der Waals surface area contributed by atoms with Crippen LogP contribution in [0.1, 0.15) is 12.8 Å². The molecule has 1 aliphatic heterocycles. The summed E-state index contributed by atoms with van der Waals surface area (Å²) in [6.45, 7) is 1.48. The Morgan fingerprint density at radius 3 is 2.85 bits per heavy atom. The zero-order valence-electron chi connectivity index (χ0n) is 11.0. The lowest BCUT2D eigenvalue weighted by Gasteiger charge is -2.29. The van der Waals surface area contributed by atoms with Crippen LogP contribution in [0.4, 0.5) is 10.2 Å². The minimum Gasteiger partial charge on any atom is -0.356 e. The number of alkyl halides is 1. The third-order valence-corrected chi connectivity index (χ3v) is 3.99. The number of H-pyrrole nitrogens is 1. The Labute approximate surface area is 115 Å². The molecular formula is C15H15FN4. The van der Waals surface area contributed by atoms with Gasteiger partial charge in [-0.2, -0.15) is 0 Å². The molecular weight excluding hydrogens is 255 g/mol. The summed E-state index contributed by atoms with van der Waals surface area (Å²) in [6, 6.07) is 6.03. The molecule has 0 unspecified atom stereocenters. The molecule has 3 aromatic heterocycles. The van der Waals surface area contributed by atoms with E-state index in [4.69, 9.17) is 0 Å². The maximum atomic E-state index is 13.2. The molecule has 0 aliphatic carbocycles. The first-order valence-electron chi connectivity index (χ1n) is 6.93. The predicted octanol–water partition coefficient (Wildman–Crippen LogP) is 3.05. The van der Waals surface area contributed by atoms with Crippen LogP contribution in [0.15, 0.2) is 30.6 Å². The fraction of sp³-hybridized carbons (Fsp3) is 0.333. The first-order valence-corrected chi connectivity index (χ1v) is 6.93. The highest BCUT2D eigenvalue weighted by Gasteiger charge is 2.19. The molecule has 4 nitrogen and oxygen atoms in total. The van der Waals surface area contributed by atoms with E-state index in [0.717, 1.165) is 40.8 Å². The summed E-state index contributed by atoms with van der Waals surface area (Å²) in [4.78, 5) is 14.3. The lowest BCUT2D eigenvalue weighted by molar-refractivity contribution is 0.277. The van der Waals surface area contributed by atoms with Gasteiger partial charge in [-0.25, -0.2) is 9.37 Å². The number of hydrogen-bond donors (Lipinski definition) is 1. The number of aromatic amines is 1. The van der Waals surface area contributed by atoms with Gasteiger partial charge < -0.3 is 9.88 Å². The third-order valence-electron chi connectivity index (χ3n) is 3.99. The molecule has 1 N–H and O–H groups in total. The van der Waals surface area contributed by atoms with Gasteiger partial charge >= 0.3 is 0 Å².